The number of hydrogen-bond acceptors (Lipinski definition) is 3. The van der Waals surface area contributed by atoms with Crippen LogP contribution in [0.4, 0.5) is 0 Å². The largest absolute Gasteiger partial charge is 0.391 e. The summed E-state index contributed by atoms with van der Waals surface area (Å²) in [7, 11) is 0. The van der Waals surface area contributed by atoms with Crippen molar-refractivity contribution >= 4 is 11.8 Å². The summed E-state index contributed by atoms with van der Waals surface area (Å²) in [5, 5.41) is 10.1. The van der Waals surface area contributed by atoms with Gasteiger partial charge in [-0.1, -0.05) is 25.7 Å². The molecule has 2 amide bonds. The minimum absolute atomic E-state index is 0.0101. The molecule has 4 nitrogen and oxygen atoms in total. The van der Waals surface area contributed by atoms with Gasteiger partial charge in [0.25, 0.3) is 0 Å². The van der Waals surface area contributed by atoms with Crippen molar-refractivity contribution < 1.29 is 14.7 Å². The quantitative estimate of drug-likeness (QED) is 0.720. The highest BCUT2D eigenvalue weighted by atomic mass is 16.3. The summed E-state index contributed by atoms with van der Waals surface area (Å²) in [6.45, 7) is 0. The Hall–Kier alpha value is -0.900. The molecule has 1 spiro atoms. The number of nitrogens with zero attached hydrogens (tertiary/aromatic N) is 1. The molecule has 1 saturated heterocycles. The molecule has 4 heteroatoms. The average Bonchev–Trinajstić information content (AvgIpc) is 2.89. The fourth-order valence-corrected chi connectivity index (χ4v) is 3.99. The van der Waals surface area contributed by atoms with Crippen molar-refractivity contribution in [1.82, 2.24) is 4.90 Å². The van der Waals surface area contributed by atoms with Gasteiger partial charge in [0, 0.05) is 6.42 Å². The summed E-state index contributed by atoms with van der Waals surface area (Å²) in [5.74, 6) is -0.0381. The predicted molar refractivity (Wildman–Crippen MR) is 65.6 cm³/mol. The zero-order valence-electron chi connectivity index (χ0n) is 10.7. The summed E-state index contributed by atoms with van der Waals surface area (Å²) in [5.41, 5.74) is -0.395. The molecule has 0 radical (unpaired) electrons. The lowest BCUT2D eigenvalue weighted by Crippen LogP contribution is -2.49. The van der Waals surface area contributed by atoms with Gasteiger partial charge in [-0.3, -0.25) is 14.5 Å². The second-order valence-electron chi connectivity index (χ2n) is 6.15. The van der Waals surface area contributed by atoms with E-state index in [-0.39, 0.29) is 17.9 Å². The summed E-state index contributed by atoms with van der Waals surface area (Å²) < 4.78 is 0. The van der Waals surface area contributed by atoms with E-state index >= 15 is 0 Å². The maximum atomic E-state index is 12.6. The van der Waals surface area contributed by atoms with E-state index in [4.69, 9.17) is 0 Å². The van der Waals surface area contributed by atoms with Crippen molar-refractivity contribution in [1.29, 1.82) is 0 Å². The Balaban J connectivity index is 1.84. The van der Waals surface area contributed by atoms with Crippen molar-refractivity contribution in [3.8, 4) is 0 Å². The molecule has 1 heterocycles. The van der Waals surface area contributed by atoms with Gasteiger partial charge in [-0.05, 0) is 25.7 Å². The lowest BCUT2D eigenvalue weighted by molar-refractivity contribution is -0.148. The van der Waals surface area contributed by atoms with E-state index in [2.05, 4.69) is 0 Å². The van der Waals surface area contributed by atoms with Crippen molar-refractivity contribution in [3.63, 3.8) is 0 Å². The number of aliphatic hydroxyl groups is 1. The number of rotatable bonds is 1. The number of carbonyl (C=O) groups excluding carboxylic acids is 2. The average molecular weight is 251 g/mol. The summed E-state index contributed by atoms with van der Waals surface area (Å²) in [6, 6.07) is -0.251. The smallest absolute Gasteiger partial charge is 0.236 e. The van der Waals surface area contributed by atoms with Gasteiger partial charge in [-0.25, -0.2) is 0 Å². The Kier molecular flexibility index (Phi) is 2.93. The highest BCUT2D eigenvalue weighted by Gasteiger charge is 2.55. The lowest BCUT2D eigenvalue weighted by Gasteiger charge is -2.34. The highest BCUT2D eigenvalue weighted by Crippen LogP contribution is 2.48. The normalized spacial score (nSPS) is 35.7. The maximum absolute atomic E-state index is 12.6. The van der Waals surface area contributed by atoms with Gasteiger partial charge in [0.15, 0.2) is 0 Å². The minimum atomic E-state index is -0.511. The Labute approximate surface area is 107 Å². The van der Waals surface area contributed by atoms with Crippen LogP contribution in [0.1, 0.15) is 57.8 Å². The first-order chi connectivity index (χ1) is 8.64. The molecular formula is C14H21NO3. The second kappa shape index (κ2) is 4.34. The summed E-state index contributed by atoms with van der Waals surface area (Å²) >= 11 is 0. The van der Waals surface area contributed by atoms with Crippen LogP contribution in [-0.4, -0.2) is 34.0 Å². The molecule has 18 heavy (non-hydrogen) atoms. The molecule has 3 aliphatic rings. The first-order valence-electron chi connectivity index (χ1n) is 7.19. The number of carbonyl (C=O) groups is 2. The van der Waals surface area contributed by atoms with Gasteiger partial charge in [0.2, 0.25) is 11.8 Å². The monoisotopic (exact) mass is 251 g/mol. The molecule has 0 aromatic carbocycles. The van der Waals surface area contributed by atoms with E-state index in [0.29, 0.717) is 12.8 Å². The third-order valence-electron chi connectivity index (χ3n) is 5.02. The molecule has 2 atom stereocenters. The topological polar surface area (TPSA) is 57.6 Å². The number of hydrogen-bond donors (Lipinski definition) is 1. The molecule has 100 valence electrons. The zero-order valence-corrected chi connectivity index (χ0v) is 10.7. The number of aliphatic hydroxyl groups excluding tert-OH is 1. The van der Waals surface area contributed by atoms with Gasteiger partial charge in [0.1, 0.15) is 0 Å². The molecule has 2 saturated carbocycles. The van der Waals surface area contributed by atoms with E-state index in [1.807, 2.05) is 0 Å². The summed E-state index contributed by atoms with van der Waals surface area (Å²) in [4.78, 5) is 26.2. The third kappa shape index (κ3) is 1.69. The van der Waals surface area contributed by atoms with Crippen LogP contribution in [0.25, 0.3) is 0 Å². The van der Waals surface area contributed by atoms with E-state index < -0.39 is 11.5 Å². The van der Waals surface area contributed by atoms with Crippen LogP contribution in [-0.2, 0) is 9.59 Å². The Morgan fingerprint density at radius 2 is 1.72 bits per heavy atom. The van der Waals surface area contributed by atoms with Crippen molar-refractivity contribution in [3.05, 3.63) is 0 Å². The van der Waals surface area contributed by atoms with Crippen molar-refractivity contribution in [2.75, 3.05) is 0 Å². The van der Waals surface area contributed by atoms with E-state index in [1.165, 1.54) is 4.90 Å². The Morgan fingerprint density at radius 1 is 1.06 bits per heavy atom. The van der Waals surface area contributed by atoms with E-state index in [0.717, 1.165) is 44.9 Å². The van der Waals surface area contributed by atoms with Crippen LogP contribution in [0, 0.1) is 5.41 Å². The zero-order chi connectivity index (χ0) is 12.8. The first kappa shape index (κ1) is 12.2. The van der Waals surface area contributed by atoms with Gasteiger partial charge >= 0.3 is 0 Å². The molecule has 1 aliphatic heterocycles. The molecule has 3 fully saturated rings. The highest BCUT2D eigenvalue weighted by molar-refractivity contribution is 6.06. The van der Waals surface area contributed by atoms with Crippen LogP contribution >= 0.6 is 0 Å². The van der Waals surface area contributed by atoms with Crippen LogP contribution in [0.5, 0.6) is 0 Å². The number of imide groups is 1. The van der Waals surface area contributed by atoms with E-state index in [9.17, 15) is 14.7 Å². The SMILES string of the molecule is O=C1CC2(CCCC2)C(=O)N1C1CCCCC1O. The van der Waals surface area contributed by atoms with Crippen molar-refractivity contribution in [2.45, 2.75) is 69.9 Å². The van der Waals surface area contributed by atoms with Crippen LogP contribution in [0.3, 0.4) is 0 Å². The number of amides is 2. The first-order valence-corrected chi connectivity index (χ1v) is 7.19. The van der Waals surface area contributed by atoms with Gasteiger partial charge in [0.05, 0.1) is 17.6 Å². The third-order valence-corrected chi connectivity index (χ3v) is 5.02. The minimum Gasteiger partial charge on any atom is -0.391 e. The fourth-order valence-electron chi connectivity index (χ4n) is 3.99. The number of likely N-dealkylation sites (tertiary alicyclic amines) is 1. The molecule has 1 N–H and O–H groups in total. The van der Waals surface area contributed by atoms with E-state index in [1.54, 1.807) is 0 Å². The van der Waals surface area contributed by atoms with Crippen LogP contribution in [0.2, 0.25) is 0 Å². The maximum Gasteiger partial charge on any atom is 0.236 e. The van der Waals surface area contributed by atoms with Gasteiger partial charge < -0.3 is 5.11 Å². The lowest BCUT2D eigenvalue weighted by atomic mass is 9.84. The van der Waals surface area contributed by atoms with Gasteiger partial charge in [-0.2, -0.15) is 0 Å². The molecule has 3 rings (SSSR count). The van der Waals surface area contributed by atoms with Gasteiger partial charge in [-0.15, -0.1) is 0 Å². The fraction of sp³-hybridized carbons (Fsp3) is 0.857. The van der Waals surface area contributed by atoms with Crippen LogP contribution in [0.15, 0.2) is 0 Å². The predicted octanol–water partition coefficient (Wildman–Crippen LogP) is 1.61. The second-order valence-corrected chi connectivity index (χ2v) is 6.15. The standard InChI is InChI=1S/C14H21NO3/c16-11-6-2-1-5-10(11)15-12(17)9-14(13(15)18)7-3-4-8-14/h10-11,16H,1-9H2. The van der Waals surface area contributed by atoms with Crippen molar-refractivity contribution in [2.24, 2.45) is 5.41 Å². The molecule has 2 unspecified atom stereocenters. The van der Waals surface area contributed by atoms with Crippen LogP contribution < -0.4 is 0 Å². The summed E-state index contributed by atoms with van der Waals surface area (Å²) in [6.07, 6.45) is 7.19. The molecule has 0 aromatic rings. The molecule has 0 bridgehead atoms. The molecular weight excluding hydrogens is 230 g/mol. The molecule has 0 aromatic heterocycles. The Bertz CT molecular complexity index is 373. The Morgan fingerprint density at radius 3 is 2.39 bits per heavy atom. The molecule has 2 aliphatic carbocycles.